The predicted molar refractivity (Wildman–Crippen MR) is 65.8 cm³/mol. The molecule has 1 amide bonds. The monoisotopic (exact) mass is 244 g/mol. The summed E-state index contributed by atoms with van der Waals surface area (Å²) in [5.41, 5.74) is 0. The third kappa shape index (κ3) is 4.26. The third-order valence-corrected chi connectivity index (χ3v) is 3.33. The highest BCUT2D eigenvalue weighted by atomic mass is 16.5. The maximum Gasteiger partial charge on any atom is 0.237 e. The molecule has 0 spiro atoms. The molecular weight excluding hydrogens is 220 g/mol. The number of hydrogen-bond donors (Lipinski definition) is 2. The van der Waals surface area contributed by atoms with Gasteiger partial charge in [0.1, 0.15) is 0 Å². The maximum absolute atomic E-state index is 11.9. The zero-order valence-corrected chi connectivity index (χ0v) is 10.8. The molecule has 1 aliphatic heterocycles. The van der Waals surface area contributed by atoms with Crippen LogP contribution >= 0.6 is 0 Å². The number of carbonyl (C=O) groups excluding carboxylic acids is 1. The van der Waals surface area contributed by atoms with E-state index in [0.717, 1.165) is 25.8 Å². The molecule has 17 heavy (non-hydrogen) atoms. The standard InChI is InChI=1S/C12H24N2O3/c1-10(12(16)13-6-4-8-17-2)14-7-3-5-11(14)9-15/h10-11,15H,3-9H2,1-2H3,(H,13,16)/t10?,11-/m1/s1. The molecule has 0 aromatic carbocycles. The van der Waals surface area contributed by atoms with Gasteiger partial charge >= 0.3 is 0 Å². The zero-order chi connectivity index (χ0) is 12.7. The first-order valence-electron chi connectivity index (χ1n) is 6.34. The van der Waals surface area contributed by atoms with Crippen LogP contribution in [0.25, 0.3) is 0 Å². The topological polar surface area (TPSA) is 61.8 Å². The largest absolute Gasteiger partial charge is 0.395 e. The predicted octanol–water partition coefficient (Wildman–Crippen LogP) is -0.0157. The van der Waals surface area contributed by atoms with Gasteiger partial charge in [-0.1, -0.05) is 0 Å². The van der Waals surface area contributed by atoms with E-state index in [-0.39, 0.29) is 24.6 Å². The number of nitrogens with one attached hydrogen (secondary N) is 1. The van der Waals surface area contributed by atoms with Crippen LogP contribution in [0.1, 0.15) is 26.2 Å². The Morgan fingerprint density at radius 2 is 2.41 bits per heavy atom. The van der Waals surface area contributed by atoms with Crippen molar-refractivity contribution < 1.29 is 14.6 Å². The Labute approximate surface area is 103 Å². The van der Waals surface area contributed by atoms with Crippen molar-refractivity contribution in [3.8, 4) is 0 Å². The molecule has 0 bridgehead atoms. The molecule has 0 aliphatic carbocycles. The van der Waals surface area contributed by atoms with Gasteiger partial charge in [0.05, 0.1) is 12.6 Å². The summed E-state index contributed by atoms with van der Waals surface area (Å²) in [5, 5.41) is 12.1. The molecule has 2 atom stereocenters. The highest BCUT2D eigenvalue weighted by molar-refractivity contribution is 5.81. The molecule has 1 heterocycles. The molecular formula is C12H24N2O3. The van der Waals surface area contributed by atoms with Gasteiger partial charge in [-0.15, -0.1) is 0 Å². The molecule has 5 nitrogen and oxygen atoms in total. The first-order chi connectivity index (χ1) is 8.20. The maximum atomic E-state index is 11.9. The summed E-state index contributed by atoms with van der Waals surface area (Å²) in [7, 11) is 1.65. The van der Waals surface area contributed by atoms with Crippen LogP contribution in [0.5, 0.6) is 0 Å². The van der Waals surface area contributed by atoms with Gasteiger partial charge < -0.3 is 15.2 Å². The van der Waals surface area contributed by atoms with Crippen molar-refractivity contribution in [1.82, 2.24) is 10.2 Å². The minimum Gasteiger partial charge on any atom is -0.395 e. The van der Waals surface area contributed by atoms with Crippen LogP contribution in [0, 0.1) is 0 Å². The minimum atomic E-state index is -0.155. The van der Waals surface area contributed by atoms with Crippen LogP contribution in [0.3, 0.4) is 0 Å². The Bertz CT molecular complexity index is 236. The molecule has 1 saturated heterocycles. The number of nitrogens with zero attached hydrogens (tertiary/aromatic N) is 1. The van der Waals surface area contributed by atoms with E-state index >= 15 is 0 Å². The quantitative estimate of drug-likeness (QED) is 0.618. The van der Waals surface area contributed by atoms with Crippen LogP contribution < -0.4 is 5.32 Å². The van der Waals surface area contributed by atoms with Gasteiger partial charge in [-0.05, 0) is 32.7 Å². The van der Waals surface area contributed by atoms with E-state index in [1.54, 1.807) is 7.11 Å². The average Bonchev–Trinajstić information content (AvgIpc) is 2.81. The van der Waals surface area contributed by atoms with E-state index in [1.165, 1.54) is 0 Å². The van der Waals surface area contributed by atoms with Crippen molar-refractivity contribution in [2.24, 2.45) is 0 Å². The lowest BCUT2D eigenvalue weighted by atomic mass is 10.2. The summed E-state index contributed by atoms with van der Waals surface area (Å²) in [6, 6.07) is -0.00748. The van der Waals surface area contributed by atoms with Gasteiger partial charge in [0.2, 0.25) is 5.91 Å². The smallest absolute Gasteiger partial charge is 0.237 e. The Kier molecular flexibility index (Phi) is 6.47. The summed E-state index contributed by atoms with van der Waals surface area (Å²) in [6.45, 7) is 4.26. The number of aliphatic hydroxyl groups is 1. The Hall–Kier alpha value is -0.650. The highest BCUT2D eigenvalue weighted by Crippen LogP contribution is 2.19. The second-order valence-electron chi connectivity index (χ2n) is 4.53. The number of hydrogen-bond acceptors (Lipinski definition) is 4. The summed E-state index contributed by atoms with van der Waals surface area (Å²) in [4.78, 5) is 14.0. The second-order valence-corrected chi connectivity index (χ2v) is 4.53. The SMILES string of the molecule is COCCCNC(=O)C(C)N1CCC[C@@H]1CO. The lowest BCUT2D eigenvalue weighted by Gasteiger charge is -2.28. The van der Waals surface area contributed by atoms with Gasteiger partial charge in [0.25, 0.3) is 0 Å². The van der Waals surface area contributed by atoms with Gasteiger partial charge in [-0.2, -0.15) is 0 Å². The summed E-state index contributed by atoms with van der Waals surface area (Å²) in [6.07, 6.45) is 2.88. The van der Waals surface area contributed by atoms with Crippen molar-refractivity contribution in [2.45, 2.75) is 38.3 Å². The lowest BCUT2D eigenvalue weighted by molar-refractivity contribution is -0.126. The fourth-order valence-electron chi connectivity index (χ4n) is 2.29. The van der Waals surface area contributed by atoms with E-state index in [4.69, 9.17) is 4.74 Å². The highest BCUT2D eigenvalue weighted by Gasteiger charge is 2.31. The van der Waals surface area contributed by atoms with Crippen LogP contribution in [-0.2, 0) is 9.53 Å². The van der Waals surface area contributed by atoms with Gasteiger partial charge in [0.15, 0.2) is 0 Å². The number of amides is 1. The van der Waals surface area contributed by atoms with Gasteiger partial charge in [0, 0.05) is 26.3 Å². The molecule has 2 N–H and O–H groups in total. The van der Waals surface area contributed by atoms with E-state index < -0.39 is 0 Å². The molecule has 1 rings (SSSR count). The van der Waals surface area contributed by atoms with Crippen molar-refractivity contribution in [1.29, 1.82) is 0 Å². The number of ether oxygens (including phenoxy) is 1. The van der Waals surface area contributed by atoms with Crippen LogP contribution in [-0.4, -0.2) is 61.4 Å². The molecule has 0 saturated carbocycles. The number of methoxy groups -OCH3 is 1. The minimum absolute atomic E-state index is 0.0430. The van der Waals surface area contributed by atoms with Gasteiger partial charge in [-0.3, -0.25) is 9.69 Å². The van der Waals surface area contributed by atoms with E-state index in [1.807, 2.05) is 6.92 Å². The van der Waals surface area contributed by atoms with Crippen LogP contribution in [0.4, 0.5) is 0 Å². The van der Waals surface area contributed by atoms with Crippen LogP contribution in [0.15, 0.2) is 0 Å². The molecule has 1 unspecified atom stereocenters. The normalized spacial score (nSPS) is 22.6. The van der Waals surface area contributed by atoms with Crippen molar-refractivity contribution in [2.75, 3.05) is 33.4 Å². The molecule has 0 radical (unpaired) electrons. The summed E-state index contributed by atoms with van der Waals surface area (Å²) in [5.74, 6) is 0.0430. The number of likely N-dealkylation sites (tertiary alicyclic amines) is 1. The molecule has 0 aromatic heterocycles. The lowest BCUT2D eigenvalue weighted by Crippen LogP contribution is -2.48. The first kappa shape index (κ1) is 14.4. The Morgan fingerprint density at radius 1 is 1.65 bits per heavy atom. The average molecular weight is 244 g/mol. The fraction of sp³-hybridized carbons (Fsp3) is 0.917. The summed E-state index contributed by atoms with van der Waals surface area (Å²) < 4.78 is 4.92. The Morgan fingerprint density at radius 3 is 3.06 bits per heavy atom. The van der Waals surface area contributed by atoms with Crippen molar-refractivity contribution in [3.05, 3.63) is 0 Å². The van der Waals surface area contributed by atoms with E-state index in [9.17, 15) is 9.90 Å². The summed E-state index contributed by atoms with van der Waals surface area (Å²) >= 11 is 0. The first-order valence-corrected chi connectivity index (χ1v) is 6.34. The zero-order valence-electron chi connectivity index (χ0n) is 10.8. The molecule has 1 aliphatic rings. The molecule has 0 aromatic rings. The third-order valence-electron chi connectivity index (χ3n) is 3.33. The van der Waals surface area contributed by atoms with E-state index in [0.29, 0.717) is 13.2 Å². The van der Waals surface area contributed by atoms with E-state index in [2.05, 4.69) is 10.2 Å². The fourth-order valence-corrected chi connectivity index (χ4v) is 2.29. The van der Waals surface area contributed by atoms with Crippen molar-refractivity contribution in [3.63, 3.8) is 0 Å². The molecule has 1 fully saturated rings. The molecule has 5 heteroatoms. The number of rotatable bonds is 7. The van der Waals surface area contributed by atoms with Gasteiger partial charge in [-0.25, -0.2) is 0 Å². The number of carbonyl (C=O) groups is 1. The number of aliphatic hydroxyl groups excluding tert-OH is 1. The second kappa shape index (κ2) is 7.63. The van der Waals surface area contributed by atoms with Crippen molar-refractivity contribution >= 4 is 5.91 Å². The Balaban J connectivity index is 2.30. The van der Waals surface area contributed by atoms with Crippen LogP contribution in [0.2, 0.25) is 0 Å². The molecule has 100 valence electrons.